The number of aromatic hydroxyl groups is 1. The van der Waals surface area contributed by atoms with Crippen LogP contribution in [-0.2, 0) is 16.0 Å². The highest BCUT2D eigenvalue weighted by molar-refractivity contribution is 5.97. The van der Waals surface area contributed by atoms with Gasteiger partial charge in [0.15, 0.2) is 0 Å². The van der Waals surface area contributed by atoms with Crippen molar-refractivity contribution in [3.8, 4) is 5.75 Å². The van der Waals surface area contributed by atoms with E-state index >= 15 is 0 Å². The van der Waals surface area contributed by atoms with Gasteiger partial charge in [0.05, 0.1) is 0 Å². The Kier molecular flexibility index (Phi) is 3.77. The second-order valence-corrected chi connectivity index (χ2v) is 4.25. The van der Waals surface area contributed by atoms with Crippen molar-refractivity contribution in [3.05, 3.63) is 42.1 Å². The molecule has 1 aliphatic rings. The number of nitrogens with zero attached hydrogens (tertiary/aromatic N) is 1. The van der Waals surface area contributed by atoms with Crippen molar-refractivity contribution in [3.63, 3.8) is 0 Å². The Hall–Kier alpha value is -2.10. The maximum Gasteiger partial charge on any atom is 0.233 e. The van der Waals surface area contributed by atoms with Gasteiger partial charge in [-0.25, -0.2) is 0 Å². The van der Waals surface area contributed by atoms with Crippen LogP contribution in [0.15, 0.2) is 36.5 Å². The summed E-state index contributed by atoms with van der Waals surface area (Å²) in [5.41, 5.74) is 0.967. The van der Waals surface area contributed by atoms with Crippen LogP contribution in [0.1, 0.15) is 24.8 Å². The van der Waals surface area contributed by atoms with Gasteiger partial charge >= 0.3 is 0 Å². The minimum atomic E-state index is -0.177. The average Bonchev–Trinajstić information content (AvgIpc) is 2.38. The Morgan fingerprint density at radius 2 is 2.00 bits per heavy atom. The molecule has 1 aromatic rings. The van der Waals surface area contributed by atoms with Crippen molar-refractivity contribution in [1.82, 2.24) is 4.90 Å². The lowest BCUT2D eigenvalue weighted by Crippen LogP contribution is -2.33. The number of carbonyl (C=O) groups excluding carboxylic acids is 2. The minimum Gasteiger partial charge on any atom is -0.508 e. The fraction of sp³-hybridized carbons (Fsp3) is 0.286. The number of hydrogen-bond donors (Lipinski definition) is 1. The number of rotatable bonds is 3. The first-order chi connectivity index (χ1) is 8.66. The Labute approximate surface area is 106 Å². The van der Waals surface area contributed by atoms with E-state index in [1.54, 1.807) is 30.5 Å². The highest BCUT2D eigenvalue weighted by Crippen LogP contribution is 2.13. The molecule has 2 amide bonds. The largest absolute Gasteiger partial charge is 0.508 e. The van der Waals surface area contributed by atoms with E-state index in [0.29, 0.717) is 25.7 Å². The summed E-state index contributed by atoms with van der Waals surface area (Å²) >= 11 is 0. The Bertz CT molecular complexity index is 476. The van der Waals surface area contributed by atoms with Gasteiger partial charge in [-0.05, 0) is 30.5 Å². The SMILES string of the molecule is O=C1CCC=CN1C(=O)CCc1ccc(O)cc1. The third kappa shape index (κ3) is 2.97. The monoisotopic (exact) mass is 245 g/mol. The summed E-state index contributed by atoms with van der Waals surface area (Å²) in [6.07, 6.45) is 5.37. The van der Waals surface area contributed by atoms with Crippen molar-refractivity contribution in [2.24, 2.45) is 0 Å². The topological polar surface area (TPSA) is 57.6 Å². The summed E-state index contributed by atoms with van der Waals surface area (Å²) in [6.45, 7) is 0. The van der Waals surface area contributed by atoms with Crippen LogP contribution in [0.25, 0.3) is 0 Å². The molecular formula is C14H15NO3. The van der Waals surface area contributed by atoms with Gasteiger partial charge in [-0.3, -0.25) is 14.5 Å². The van der Waals surface area contributed by atoms with E-state index in [-0.39, 0.29) is 17.6 Å². The first-order valence-corrected chi connectivity index (χ1v) is 5.96. The van der Waals surface area contributed by atoms with Crippen molar-refractivity contribution >= 4 is 11.8 Å². The highest BCUT2D eigenvalue weighted by Gasteiger charge is 2.20. The number of phenolic OH excluding ortho intramolecular Hbond substituents is 1. The summed E-state index contributed by atoms with van der Waals surface area (Å²) in [7, 11) is 0. The zero-order chi connectivity index (χ0) is 13.0. The van der Waals surface area contributed by atoms with Gasteiger partial charge in [0.25, 0.3) is 0 Å². The van der Waals surface area contributed by atoms with Crippen molar-refractivity contribution in [2.45, 2.75) is 25.7 Å². The number of hydrogen-bond acceptors (Lipinski definition) is 3. The van der Waals surface area contributed by atoms with Crippen molar-refractivity contribution < 1.29 is 14.7 Å². The van der Waals surface area contributed by atoms with E-state index in [9.17, 15) is 9.59 Å². The molecule has 4 heteroatoms. The Morgan fingerprint density at radius 3 is 2.67 bits per heavy atom. The summed E-state index contributed by atoms with van der Waals surface area (Å²) in [5.74, 6) is -0.101. The summed E-state index contributed by atoms with van der Waals surface area (Å²) in [5, 5.41) is 9.14. The molecule has 2 rings (SSSR count). The number of allylic oxidation sites excluding steroid dienone is 1. The first-order valence-electron chi connectivity index (χ1n) is 5.96. The van der Waals surface area contributed by atoms with Crippen LogP contribution < -0.4 is 0 Å². The van der Waals surface area contributed by atoms with Crippen molar-refractivity contribution in [2.75, 3.05) is 0 Å². The van der Waals surface area contributed by atoms with E-state index in [0.717, 1.165) is 5.56 Å². The molecule has 1 heterocycles. The number of carbonyl (C=O) groups is 2. The predicted molar refractivity (Wildman–Crippen MR) is 66.7 cm³/mol. The predicted octanol–water partition coefficient (Wildman–Crippen LogP) is 1.99. The molecule has 0 radical (unpaired) electrons. The van der Waals surface area contributed by atoms with Crippen LogP contribution in [0.4, 0.5) is 0 Å². The maximum atomic E-state index is 11.9. The molecule has 0 spiro atoms. The second kappa shape index (κ2) is 5.49. The summed E-state index contributed by atoms with van der Waals surface area (Å²) in [6, 6.07) is 6.73. The quantitative estimate of drug-likeness (QED) is 0.886. The fourth-order valence-electron chi connectivity index (χ4n) is 1.85. The molecule has 0 atom stereocenters. The highest BCUT2D eigenvalue weighted by atomic mass is 16.3. The number of phenols is 1. The molecule has 0 saturated carbocycles. The number of aryl methyl sites for hydroxylation is 1. The van der Waals surface area contributed by atoms with Gasteiger partial charge in [0.1, 0.15) is 5.75 Å². The lowest BCUT2D eigenvalue weighted by Gasteiger charge is -2.19. The van der Waals surface area contributed by atoms with Gasteiger partial charge in [0.2, 0.25) is 11.8 Å². The number of benzene rings is 1. The molecule has 94 valence electrons. The molecule has 18 heavy (non-hydrogen) atoms. The van der Waals surface area contributed by atoms with Crippen LogP contribution >= 0.6 is 0 Å². The summed E-state index contributed by atoms with van der Waals surface area (Å²) in [4.78, 5) is 24.6. The smallest absolute Gasteiger partial charge is 0.233 e. The van der Waals surface area contributed by atoms with Crippen LogP contribution in [0.3, 0.4) is 0 Å². The lowest BCUT2D eigenvalue weighted by atomic mass is 10.1. The van der Waals surface area contributed by atoms with Crippen LogP contribution in [0.5, 0.6) is 5.75 Å². The van der Waals surface area contributed by atoms with Crippen LogP contribution in [0.2, 0.25) is 0 Å². The number of amides is 2. The molecule has 1 N–H and O–H groups in total. The van der Waals surface area contributed by atoms with Gasteiger partial charge < -0.3 is 5.11 Å². The molecule has 0 aromatic heterocycles. The van der Waals surface area contributed by atoms with Gasteiger partial charge in [-0.2, -0.15) is 0 Å². The maximum absolute atomic E-state index is 11.9. The van der Waals surface area contributed by atoms with Gasteiger partial charge in [-0.15, -0.1) is 0 Å². The van der Waals surface area contributed by atoms with Gasteiger partial charge in [-0.1, -0.05) is 18.2 Å². The molecular weight excluding hydrogens is 230 g/mol. The van der Waals surface area contributed by atoms with E-state index < -0.39 is 0 Å². The van der Waals surface area contributed by atoms with Crippen molar-refractivity contribution in [1.29, 1.82) is 0 Å². The molecule has 1 aromatic carbocycles. The molecule has 0 aliphatic carbocycles. The fourth-order valence-corrected chi connectivity index (χ4v) is 1.85. The molecule has 0 unspecified atom stereocenters. The number of imide groups is 1. The first kappa shape index (κ1) is 12.4. The molecule has 1 aliphatic heterocycles. The zero-order valence-electron chi connectivity index (χ0n) is 10.0. The third-order valence-electron chi connectivity index (χ3n) is 2.88. The van der Waals surface area contributed by atoms with Crippen LogP contribution in [-0.4, -0.2) is 21.8 Å². The normalized spacial score (nSPS) is 14.9. The summed E-state index contributed by atoms with van der Waals surface area (Å²) < 4.78 is 0. The van der Waals surface area contributed by atoms with E-state index in [1.807, 2.05) is 6.08 Å². The molecule has 0 saturated heterocycles. The standard InChI is InChI=1S/C14H15NO3/c16-12-7-4-11(5-8-12)6-9-14(18)15-10-2-1-3-13(15)17/h2,4-5,7-8,10,16H,1,3,6,9H2. The van der Waals surface area contributed by atoms with E-state index in [1.165, 1.54) is 4.90 Å². The van der Waals surface area contributed by atoms with Crippen LogP contribution in [0, 0.1) is 0 Å². The Balaban J connectivity index is 1.92. The van der Waals surface area contributed by atoms with E-state index in [4.69, 9.17) is 5.11 Å². The molecule has 0 fully saturated rings. The molecule has 4 nitrogen and oxygen atoms in total. The lowest BCUT2D eigenvalue weighted by molar-refractivity contribution is -0.141. The minimum absolute atomic E-state index is 0.131. The zero-order valence-corrected chi connectivity index (χ0v) is 10.0. The molecule has 0 bridgehead atoms. The van der Waals surface area contributed by atoms with Gasteiger partial charge in [0, 0.05) is 19.0 Å². The third-order valence-corrected chi connectivity index (χ3v) is 2.88. The second-order valence-electron chi connectivity index (χ2n) is 4.25. The van der Waals surface area contributed by atoms with E-state index in [2.05, 4.69) is 0 Å². The Morgan fingerprint density at radius 1 is 1.28 bits per heavy atom. The average molecular weight is 245 g/mol.